The Morgan fingerprint density at radius 1 is 1.13 bits per heavy atom. The summed E-state index contributed by atoms with van der Waals surface area (Å²) in [6.45, 7) is 2.24. The fourth-order valence-electron chi connectivity index (χ4n) is 2.79. The van der Waals surface area contributed by atoms with Crippen molar-refractivity contribution in [2.24, 2.45) is 0 Å². The fourth-order valence-corrected chi connectivity index (χ4v) is 2.79. The summed E-state index contributed by atoms with van der Waals surface area (Å²) in [7, 11) is 0. The second-order valence-corrected chi connectivity index (χ2v) is 5.79. The van der Waals surface area contributed by atoms with Crippen LogP contribution in [0, 0.1) is 6.92 Å². The van der Waals surface area contributed by atoms with Gasteiger partial charge in [0.1, 0.15) is 12.3 Å². The largest absolute Gasteiger partial charge is 0.457 e. The zero-order chi connectivity index (χ0) is 15.6. The van der Waals surface area contributed by atoms with E-state index in [0.29, 0.717) is 12.6 Å². The highest BCUT2D eigenvalue weighted by atomic mass is 16.5. The SMILES string of the molecule is Cc1cnc(OCc2cn(-c3ccc4c(c3)CCC4)nn2)nc1. The van der Waals surface area contributed by atoms with Crippen LogP contribution in [0.25, 0.3) is 5.69 Å². The van der Waals surface area contributed by atoms with Gasteiger partial charge in [-0.05, 0) is 55.0 Å². The first-order chi connectivity index (χ1) is 11.3. The first-order valence-corrected chi connectivity index (χ1v) is 7.73. The van der Waals surface area contributed by atoms with E-state index < -0.39 is 0 Å². The molecule has 6 heteroatoms. The van der Waals surface area contributed by atoms with Gasteiger partial charge in [0.15, 0.2) is 0 Å². The summed E-state index contributed by atoms with van der Waals surface area (Å²) in [5, 5.41) is 8.34. The molecule has 0 saturated carbocycles. The van der Waals surface area contributed by atoms with E-state index in [9.17, 15) is 0 Å². The van der Waals surface area contributed by atoms with E-state index in [1.54, 1.807) is 17.1 Å². The van der Waals surface area contributed by atoms with E-state index in [4.69, 9.17) is 4.74 Å². The Hall–Kier alpha value is -2.76. The van der Waals surface area contributed by atoms with Crippen LogP contribution in [0.2, 0.25) is 0 Å². The average molecular weight is 307 g/mol. The van der Waals surface area contributed by atoms with Crippen molar-refractivity contribution in [2.45, 2.75) is 32.8 Å². The van der Waals surface area contributed by atoms with Crippen LogP contribution < -0.4 is 4.74 Å². The molecule has 0 unspecified atom stereocenters. The van der Waals surface area contributed by atoms with E-state index in [1.807, 2.05) is 13.1 Å². The lowest BCUT2D eigenvalue weighted by Crippen LogP contribution is -1.99. The van der Waals surface area contributed by atoms with Gasteiger partial charge in [0.05, 0.1) is 11.9 Å². The van der Waals surface area contributed by atoms with Crippen LogP contribution in [0.3, 0.4) is 0 Å². The van der Waals surface area contributed by atoms with Crippen LogP contribution in [0.5, 0.6) is 6.01 Å². The van der Waals surface area contributed by atoms with Crippen molar-refractivity contribution in [1.82, 2.24) is 25.0 Å². The van der Waals surface area contributed by atoms with Crippen LogP contribution in [-0.2, 0) is 19.4 Å². The van der Waals surface area contributed by atoms with Crippen molar-refractivity contribution >= 4 is 0 Å². The molecule has 1 aromatic carbocycles. The van der Waals surface area contributed by atoms with E-state index in [-0.39, 0.29) is 0 Å². The fraction of sp³-hybridized carbons (Fsp3) is 0.294. The maximum atomic E-state index is 5.53. The highest BCUT2D eigenvalue weighted by Crippen LogP contribution is 2.24. The summed E-state index contributed by atoms with van der Waals surface area (Å²) in [5.41, 5.74) is 5.66. The van der Waals surface area contributed by atoms with Gasteiger partial charge in [-0.15, -0.1) is 5.10 Å². The Morgan fingerprint density at radius 3 is 2.83 bits per heavy atom. The van der Waals surface area contributed by atoms with Crippen molar-refractivity contribution in [3.05, 3.63) is 59.2 Å². The third-order valence-corrected chi connectivity index (χ3v) is 3.99. The summed E-state index contributed by atoms with van der Waals surface area (Å²) < 4.78 is 7.32. The number of benzene rings is 1. The molecule has 0 aliphatic heterocycles. The minimum absolute atomic E-state index is 0.300. The zero-order valence-corrected chi connectivity index (χ0v) is 12.9. The summed E-state index contributed by atoms with van der Waals surface area (Å²) in [4.78, 5) is 8.22. The molecule has 116 valence electrons. The Balaban J connectivity index is 1.47. The Kier molecular flexibility index (Phi) is 3.49. The number of fused-ring (bicyclic) bond motifs is 1. The zero-order valence-electron chi connectivity index (χ0n) is 12.9. The Labute approximate surface area is 134 Å². The number of nitrogens with zero attached hydrogens (tertiary/aromatic N) is 5. The molecular weight excluding hydrogens is 290 g/mol. The highest BCUT2D eigenvalue weighted by Gasteiger charge is 2.12. The minimum Gasteiger partial charge on any atom is -0.457 e. The molecular formula is C17H17N5O. The molecule has 2 aromatic heterocycles. The molecule has 1 aliphatic rings. The molecule has 0 saturated heterocycles. The van der Waals surface area contributed by atoms with Gasteiger partial charge in [0, 0.05) is 12.4 Å². The van der Waals surface area contributed by atoms with E-state index >= 15 is 0 Å². The van der Waals surface area contributed by atoms with Crippen molar-refractivity contribution in [3.8, 4) is 11.7 Å². The van der Waals surface area contributed by atoms with E-state index in [2.05, 4.69) is 38.5 Å². The van der Waals surface area contributed by atoms with Crippen LogP contribution in [0.4, 0.5) is 0 Å². The Bertz CT molecular complexity index is 825. The van der Waals surface area contributed by atoms with Crippen molar-refractivity contribution in [1.29, 1.82) is 0 Å². The predicted molar refractivity (Wildman–Crippen MR) is 84.5 cm³/mol. The van der Waals surface area contributed by atoms with Gasteiger partial charge < -0.3 is 4.74 Å². The highest BCUT2D eigenvalue weighted by molar-refractivity contribution is 5.42. The maximum absolute atomic E-state index is 5.53. The third-order valence-electron chi connectivity index (χ3n) is 3.99. The molecule has 0 N–H and O–H groups in total. The molecule has 0 atom stereocenters. The van der Waals surface area contributed by atoms with Gasteiger partial charge in [-0.2, -0.15) is 0 Å². The van der Waals surface area contributed by atoms with Gasteiger partial charge in [-0.25, -0.2) is 14.6 Å². The van der Waals surface area contributed by atoms with Crippen molar-refractivity contribution in [3.63, 3.8) is 0 Å². The lowest BCUT2D eigenvalue weighted by Gasteiger charge is -2.04. The molecule has 1 aliphatic carbocycles. The summed E-state index contributed by atoms with van der Waals surface area (Å²) in [5.74, 6) is 0. The van der Waals surface area contributed by atoms with Crippen LogP contribution >= 0.6 is 0 Å². The molecule has 0 radical (unpaired) electrons. The number of hydrogen-bond donors (Lipinski definition) is 0. The second kappa shape index (κ2) is 5.79. The average Bonchev–Trinajstić information content (AvgIpc) is 3.22. The topological polar surface area (TPSA) is 65.7 Å². The number of hydrogen-bond acceptors (Lipinski definition) is 5. The quantitative estimate of drug-likeness (QED) is 0.740. The van der Waals surface area contributed by atoms with Crippen molar-refractivity contribution < 1.29 is 4.74 Å². The van der Waals surface area contributed by atoms with Crippen LogP contribution in [-0.4, -0.2) is 25.0 Å². The molecule has 0 spiro atoms. The summed E-state index contributed by atoms with van der Waals surface area (Å²) in [6, 6.07) is 6.83. The number of ether oxygens (including phenoxy) is 1. The molecule has 0 fully saturated rings. The van der Waals surface area contributed by atoms with Gasteiger partial charge in [0.2, 0.25) is 0 Å². The van der Waals surface area contributed by atoms with E-state index in [0.717, 1.165) is 23.4 Å². The molecule has 3 aromatic rings. The molecule has 2 heterocycles. The normalized spacial score (nSPS) is 13.1. The molecule has 4 rings (SSSR count). The standard InChI is InChI=1S/C17H17N5O/c1-12-8-18-17(19-9-12)23-11-15-10-22(21-20-15)16-6-5-13-3-2-4-14(13)7-16/h5-10H,2-4,11H2,1H3. The van der Waals surface area contributed by atoms with Crippen molar-refractivity contribution in [2.75, 3.05) is 0 Å². The smallest absolute Gasteiger partial charge is 0.316 e. The monoisotopic (exact) mass is 307 g/mol. The van der Waals surface area contributed by atoms with Gasteiger partial charge in [-0.1, -0.05) is 11.3 Å². The maximum Gasteiger partial charge on any atom is 0.316 e. The van der Waals surface area contributed by atoms with Gasteiger partial charge >= 0.3 is 6.01 Å². The molecule has 0 bridgehead atoms. The first kappa shape index (κ1) is 13.9. The van der Waals surface area contributed by atoms with Gasteiger partial charge in [0.25, 0.3) is 0 Å². The number of aromatic nitrogens is 5. The summed E-state index contributed by atoms with van der Waals surface area (Å²) in [6.07, 6.45) is 8.91. The van der Waals surface area contributed by atoms with Crippen LogP contribution in [0.15, 0.2) is 36.8 Å². The second-order valence-electron chi connectivity index (χ2n) is 5.79. The molecule has 23 heavy (non-hydrogen) atoms. The van der Waals surface area contributed by atoms with Gasteiger partial charge in [-0.3, -0.25) is 0 Å². The lowest BCUT2D eigenvalue weighted by atomic mass is 10.1. The third kappa shape index (κ3) is 2.92. The predicted octanol–water partition coefficient (Wildman–Crippen LogP) is 2.43. The summed E-state index contributed by atoms with van der Waals surface area (Å²) >= 11 is 0. The van der Waals surface area contributed by atoms with E-state index in [1.165, 1.54) is 24.0 Å². The first-order valence-electron chi connectivity index (χ1n) is 7.73. The molecule has 6 nitrogen and oxygen atoms in total. The Morgan fingerprint density at radius 2 is 1.96 bits per heavy atom. The molecule has 0 amide bonds. The lowest BCUT2D eigenvalue weighted by molar-refractivity contribution is 0.276. The minimum atomic E-state index is 0.300. The van der Waals surface area contributed by atoms with Crippen LogP contribution in [0.1, 0.15) is 28.8 Å². The number of rotatable bonds is 4. The number of aryl methyl sites for hydroxylation is 3.